The molecule has 9 nitrogen and oxygen atoms in total. The Bertz CT molecular complexity index is 1100. The minimum atomic E-state index is -0.757. The molecule has 0 radical (unpaired) electrons. The third kappa shape index (κ3) is 4.31. The Morgan fingerprint density at radius 1 is 1.15 bits per heavy atom. The van der Waals surface area contributed by atoms with Crippen LogP contribution in [-0.4, -0.2) is 82.4 Å². The van der Waals surface area contributed by atoms with Crippen LogP contribution in [0.3, 0.4) is 0 Å². The lowest BCUT2D eigenvalue weighted by atomic mass is 9.94. The lowest BCUT2D eigenvalue weighted by Gasteiger charge is -2.50. The second-order valence-electron chi connectivity index (χ2n) is 9.26. The second-order valence-corrected chi connectivity index (χ2v) is 9.26. The molecule has 2 N–H and O–H groups in total. The number of morpholine rings is 1. The van der Waals surface area contributed by atoms with E-state index in [1.807, 2.05) is 19.1 Å². The minimum absolute atomic E-state index is 0.0971. The van der Waals surface area contributed by atoms with Crippen LogP contribution in [0.5, 0.6) is 0 Å². The van der Waals surface area contributed by atoms with Gasteiger partial charge in [0.15, 0.2) is 0 Å². The van der Waals surface area contributed by atoms with E-state index in [-0.39, 0.29) is 24.7 Å². The number of aliphatic hydroxyl groups excluding tert-OH is 2. The molecular formula is C25H28N4O5. The van der Waals surface area contributed by atoms with Crippen molar-refractivity contribution in [1.29, 1.82) is 5.26 Å². The number of nitrogens with zero attached hydrogens (tertiary/aromatic N) is 4. The number of cyclic esters (lactones) is 1. The number of benzene rings is 1. The Kier molecular flexibility index (Phi) is 6.34. The van der Waals surface area contributed by atoms with E-state index in [0.29, 0.717) is 56.2 Å². The third-order valence-electron chi connectivity index (χ3n) is 7.14. The van der Waals surface area contributed by atoms with Gasteiger partial charge in [-0.25, -0.2) is 4.79 Å². The van der Waals surface area contributed by atoms with Gasteiger partial charge in [0.1, 0.15) is 18.8 Å². The SMILES string of the molecule is Cc1c([C@@H](O)CN2CC3COCC(C2)N3CC(O)c2ccc(C#N)cn2)ccc2c1COC2=O. The summed E-state index contributed by atoms with van der Waals surface area (Å²) in [4.78, 5) is 20.6. The van der Waals surface area contributed by atoms with Crippen LogP contribution in [-0.2, 0) is 16.1 Å². The molecule has 0 saturated carbocycles. The molecule has 2 aromatic rings. The van der Waals surface area contributed by atoms with E-state index >= 15 is 0 Å². The highest BCUT2D eigenvalue weighted by atomic mass is 16.5. The van der Waals surface area contributed by atoms with Gasteiger partial charge in [0.05, 0.1) is 36.1 Å². The zero-order valence-corrected chi connectivity index (χ0v) is 19.1. The number of carbonyl (C=O) groups excluding carboxylic acids is 1. The van der Waals surface area contributed by atoms with Gasteiger partial charge in [-0.3, -0.25) is 14.8 Å². The van der Waals surface area contributed by atoms with Crippen molar-refractivity contribution in [2.24, 2.45) is 0 Å². The summed E-state index contributed by atoms with van der Waals surface area (Å²) in [7, 11) is 0. The van der Waals surface area contributed by atoms with Crippen LogP contribution in [0.25, 0.3) is 0 Å². The van der Waals surface area contributed by atoms with Gasteiger partial charge in [-0.15, -0.1) is 0 Å². The predicted octanol–water partition coefficient (Wildman–Crippen LogP) is 1.08. The predicted molar refractivity (Wildman–Crippen MR) is 121 cm³/mol. The normalized spacial score (nSPS) is 24.2. The van der Waals surface area contributed by atoms with Crippen LogP contribution in [0.1, 0.15) is 50.5 Å². The number of carbonyl (C=O) groups is 1. The first kappa shape index (κ1) is 22.9. The van der Waals surface area contributed by atoms with E-state index in [4.69, 9.17) is 14.7 Å². The number of pyridine rings is 1. The highest BCUT2D eigenvalue weighted by molar-refractivity contribution is 5.93. The van der Waals surface area contributed by atoms with Crippen LogP contribution in [0.15, 0.2) is 30.5 Å². The molecule has 2 saturated heterocycles. The number of piperazine rings is 1. The summed E-state index contributed by atoms with van der Waals surface area (Å²) >= 11 is 0. The number of aromatic nitrogens is 1. The molecular weight excluding hydrogens is 436 g/mol. The number of β-amino-alcohol motifs (C(OH)–C–C–N with tert-alkyl or cyclic N) is 1. The van der Waals surface area contributed by atoms with Gasteiger partial charge in [-0.2, -0.15) is 5.26 Å². The third-order valence-corrected chi connectivity index (χ3v) is 7.14. The molecule has 9 heteroatoms. The summed E-state index contributed by atoms with van der Waals surface area (Å²) in [5.74, 6) is -0.304. The van der Waals surface area contributed by atoms with Gasteiger partial charge in [0.2, 0.25) is 0 Å². The van der Waals surface area contributed by atoms with E-state index in [1.165, 1.54) is 6.20 Å². The standard InChI is InChI=1S/C25H28N4O5/c1-15-19(3-4-20-21(15)14-34-25(20)32)23(30)10-28-8-17-12-33-13-18(9-28)29(17)11-24(31)22-5-2-16(6-26)7-27-22/h2-5,7,17-18,23-24,30-31H,8-14H2,1H3/t17?,18?,23-,24?/m0/s1. The first-order chi connectivity index (χ1) is 16.4. The van der Waals surface area contributed by atoms with Crippen molar-refractivity contribution >= 4 is 5.97 Å². The van der Waals surface area contributed by atoms with Crippen LogP contribution in [0.4, 0.5) is 0 Å². The van der Waals surface area contributed by atoms with Gasteiger partial charge < -0.3 is 19.7 Å². The average molecular weight is 465 g/mol. The largest absolute Gasteiger partial charge is 0.457 e. The lowest BCUT2D eigenvalue weighted by molar-refractivity contribution is -0.113. The summed E-state index contributed by atoms with van der Waals surface area (Å²) in [6.07, 6.45) is 0.0414. The molecule has 0 aliphatic carbocycles. The number of nitriles is 1. The Morgan fingerprint density at radius 2 is 1.91 bits per heavy atom. The van der Waals surface area contributed by atoms with E-state index in [9.17, 15) is 15.0 Å². The van der Waals surface area contributed by atoms with Crippen LogP contribution >= 0.6 is 0 Å². The molecule has 3 aliphatic heterocycles. The summed E-state index contributed by atoms with van der Waals surface area (Å²) < 4.78 is 10.9. The summed E-state index contributed by atoms with van der Waals surface area (Å²) in [5, 5.41) is 30.7. The summed E-state index contributed by atoms with van der Waals surface area (Å²) in [6.45, 7) is 5.66. The van der Waals surface area contributed by atoms with Crippen molar-refractivity contribution in [3.8, 4) is 6.07 Å². The lowest BCUT2D eigenvalue weighted by Crippen LogP contribution is -2.65. The van der Waals surface area contributed by atoms with Crippen molar-refractivity contribution in [1.82, 2.24) is 14.8 Å². The summed E-state index contributed by atoms with van der Waals surface area (Å²) in [5.41, 5.74) is 4.20. The fourth-order valence-corrected chi connectivity index (χ4v) is 5.30. The average Bonchev–Trinajstić information content (AvgIpc) is 3.21. The molecule has 178 valence electrons. The number of rotatable bonds is 6. The monoisotopic (exact) mass is 464 g/mol. The van der Waals surface area contributed by atoms with E-state index in [2.05, 4.69) is 14.8 Å². The van der Waals surface area contributed by atoms with E-state index in [0.717, 1.165) is 16.7 Å². The van der Waals surface area contributed by atoms with Crippen LogP contribution in [0, 0.1) is 18.3 Å². The van der Waals surface area contributed by atoms with E-state index < -0.39 is 12.2 Å². The molecule has 2 bridgehead atoms. The number of fused-ring (bicyclic) bond motifs is 3. The van der Waals surface area contributed by atoms with Crippen molar-refractivity contribution in [2.75, 3.05) is 39.4 Å². The molecule has 34 heavy (non-hydrogen) atoms. The highest BCUT2D eigenvalue weighted by Gasteiger charge is 2.39. The molecule has 4 atom stereocenters. The Labute approximate surface area is 198 Å². The molecule has 3 aliphatic rings. The topological polar surface area (TPSA) is 119 Å². The van der Waals surface area contributed by atoms with Gasteiger partial charge in [-0.1, -0.05) is 6.07 Å². The van der Waals surface area contributed by atoms with Gasteiger partial charge >= 0.3 is 5.97 Å². The number of esters is 1. The van der Waals surface area contributed by atoms with Crippen LogP contribution < -0.4 is 0 Å². The molecule has 5 rings (SSSR count). The van der Waals surface area contributed by atoms with Crippen molar-refractivity contribution in [2.45, 2.75) is 37.8 Å². The Hall–Kier alpha value is -2.87. The molecule has 3 unspecified atom stereocenters. The first-order valence-electron chi connectivity index (χ1n) is 11.5. The highest BCUT2D eigenvalue weighted by Crippen LogP contribution is 2.31. The number of aliphatic hydroxyl groups is 2. The zero-order valence-electron chi connectivity index (χ0n) is 19.1. The van der Waals surface area contributed by atoms with E-state index in [1.54, 1.807) is 18.2 Å². The Balaban J connectivity index is 1.24. The molecule has 2 fully saturated rings. The molecule has 0 amide bonds. The maximum absolute atomic E-state index is 11.8. The first-order valence-corrected chi connectivity index (χ1v) is 11.5. The zero-order chi connectivity index (χ0) is 23.8. The van der Waals surface area contributed by atoms with Crippen LogP contribution in [0.2, 0.25) is 0 Å². The van der Waals surface area contributed by atoms with Crippen molar-refractivity contribution < 1.29 is 24.5 Å². The van der Waals surface area contributed by atoms with Gasteiger partial charge in [0.25, 0.3) is 0 Å². The fraction of sp³-hybridized carbons (Fsp3) is 0.480. The molecule has 4 heterocycles. The smallest absolute Gasteiger partial charge is 0.338 e. The maximum atomic E-state index is 11.8. The quantitative estimate of drug-likeness (QED) is 0.605. The number of ether oxygens (including phenoxy) is 2. The van der Waals surface area contributed by atoms with Crippen molar-refractivity contribution in [3.63, 3.8) is 0 Å². The molecule has 1 aromatic carbocycles. The second kappa shape index (κ2) is 9.41. The fourth-order valence-electron chi connectivity index (χ4n) is 5.30. The molecule has 1 aromatic heterocycles. The maximum Gasteiger partial charge on any atom is 0.338 e. The number of hydrogen-bond donors (Lipinski definition) is 2. The number of hydrogen-bond acceptors (Lipinski definition) is 9. The Morgan fingerprint density at radius 3 is 2.59 bits per heavy atom. The molecule has 0 spiro atoms. The summed E-state index contributed by atoms with van der Waals surface area (Å²) in [6, 6.07) is 9.16. The van der Waals surface area contributed by atoms with Gasteiger partial charge in [-0.05, 0) is 36.2 Å². The minimum Gasteiger partial charge on any atom is -0.457 e. The van der Waals surface area contributed by atoms with Crippen molar-refractivity contribution in [3.05, 3.63) is 64.0 Å². The van der Waals surface area contributed by atoms with Gasteiger partial charge in [0, 0.05) is 50.0 Å².